The fourth-order valence-corrected chi connectivity index (χ4v) is 4.84. The second kappa shape index (κ2) is 9.29. The van der Waals surface area contributed by atoms with Gasteiger partial charge in [0.15, 0.2) is 0 Å². The molecule has 4 rings (SSSR count). The quantitative estimate of drug-likeness (QED) is 0.654. The van der Waals surface area contributed by atoms with E-state index in [-0.39, 0.29) is 17.8 Å². The van der Waals surface area contributed by atoms with Crippen molar-refractivity contribution in [2.24, 2.45) is 11.3 Å². The van der Waals surface area contributed by atoms with Crippen molar-refractivity contribution in [2.75, 3.05) is 7.11 Å². The molecule has 1 heterocycles. The van der Waals surface area contributed by atoms with Crippen molar-refractivity contribution in [3.63, 3.8) is 0 Å². The smallest absolute Gasteiger partial charge is 0.337 e. The first-order valence-corrected chi connectivity index (χ1v) is 11.3. The van der Waals surface area contributed by atoms with Gasteiger partial charge in [-0.05, 0) is 35.6 Å². The summed E-state index contributed by atoms with van der Waals surface area (Å²) in [6.07, 6.45) is 2.47. The molecule has 1 N–H and O–H groups in total. The van der Waals surface area contributed by atoms with Gasteiger partial charge in [-0.25, -0.2) is 9.59 Å². The maximum atomic E-state index is 13.4. The Bertz CT molecular complexity index is 1180. The summed E-state index contributed by atoms with van der Waals surface area (Å²) in [5.41, 5.74) is 3.67. The number of carbonyl (C=O) groups is 3. The molecule has 0 amide bonds. The van der Waals surface area contributed by atoms with Crippen LogP contribution in [-0.2, 0) is 25.7 Å². The summed E-state index contributed by atoms with van der Waals surface area (Å²) in [7, 11) is 1.33. The van der Waals surface area contributed by atoms with Crippen LogP contribution in [0.15, 0.2) is 77.6 Å². The number of benzene rings is 2. The van der Waals surface area contributed by atoms with Crippen LogP contribution in [0.25, 0.3) is 0 Å². The monoisotopic (exact) mass is 459 g/mol. The van der Waals surface area contributed by atoms with E-state index >= 15 is 0 Å². The lowest BCUT2D eigenvalue weighted by Crippen LogP contribution is -2.43. The Labute approximate surface area is 199 Å². The van der Waals surface area contributed by atoms with E-state index in [2.05, 4.69) is 11.4 Å². The minimum Gasteiger partial charge on any atom is -0.465 e. The number of allylic oxidation sites excluding steroid dienone is 3. The number of ketones is 1. The third-order valence-electron chi connectivity index (χ3n) is 6.36. The van der Waals surface area contributed by atoms with Crippen molar-refractivity contribution in [2.45, 2.75) is 39.7 Å². The van der Waals surface area contributed by atoms with Crippen LogP contribution < -0.4 is 5.32 Å². The first-order chi connectivity index (χ1) is 16.2. The minimum atomic E-state index is -0.528. The van der Waals surface area contributed by atoms with Crippen LogP contribution in [0.4, 0.5) is 0 Å². The van der Waals surface area contributed by atoms with Gasteiger partial charge in [0.2, 0.25) is 0 Å². The van der Waals surface area contributed by atoms with Crippen molar-refractivity contribution in [3.8, 4) is 0 Å². The van der Waals surface area contributed by atoms with E-state index in [1.165, 1.54) is 7.11 Å². The lowest BCUT2D eigenvalue weighted by atomic mass is 9.66. The molecule has 2 aromatic rings. The summed E-state index contributed by atoms with van der Waals surface area (Å²) in [5, 5.41) is 3.32. The van der Waals surface area contributed by atoms with Gasteiger partial charge in [-0.15, -0.1) is 0 Å². The number of carbonyl (C=O) groups excluding carboxylic acids is 3. The Morgan fingerprint density at radius 3 is 2.32 bits per heavy atom. The summed E-state index contributed by atoms with van der Waals surface area (Å²) < 4.78 is 10.5. The molecular formula is C28H29NO5. The van der Waals surface area contributed by atoms with E-state index in [0.29, 0.717) is 23.3 Å². The number of esters is 2. The van der Waals surface area contributed by atoms with Crippen molar-refractivity contribution >= 4 is 17.7 Å². The predicted molar refractivity (Wildman–Crippen MR) is 128 cm³/mol. The maximum absolute atomic E-state index is 13.4. The summed E-state index contributed by atoms with van der Waals surface area (Å²) >= 11 is 0. The molecule has 0 bridgehead atoms. The lowest BCUT2D eigenvalue weighted by Gasteiger charge is -2.41. The third-order valence-corrected chi connectivity index (χ3v) is 6.36. The van der Waals surface area contributed by atoms with Gasteiger partial charge in [0.25, 0.3) is 0 Å². The highest BCUT2D eigenvalue weighted by Crippen LogP contribution is 2.47. The Balaban J connectivity index is 1.75. The number of nitrogens with one attached hydrogen (secondary N) is 1. The topological polar surface area (TPSA) is 81.7 Å². The van der Waals surface area contributed by atoms with E-state index in [0.717, 1.165) is 16.8 Å². The summed E-state index contributed by atoms with van der Waals surface area (Å²) in [4.78, 5) is 38.7. The van der Waals surface area contributed by atoms with Gasteiger partial charge in [-0.1, -0.05) is 62.4 Å². The van der Waals surface area contributed by atoms with Crippen molar-refractivity contribution < 1.29 is 23.9 Å². The highest BCUT2D eigenvalue weighted by atomic mass is 16.5. The molecule has 176 valence electrons. The zero-order chi connectivity index (χ0) is 24.5. The number of rotatable bonds is 5. The molecule has 0 saturated heterocycles. The molecule has 34 heavy (non-hydrogen) atoms. The Morgan fingerprint density at radius 1 is 1.00 bits per heavy atom. The molecule has 2 unspecified atom stereocenters. The van der Waals surface area contributed by atoms with E-state index in [4.69, 9.17) is 9.47 Å². The minimum absolute atomic E-state index is 0.0675. The predicted octanol–water partition coefficient (Wildman–Crippen LogP) is 4.68. The zero-order valence-electron chi connectivity index (χ0n) is 19.9. The molecule has 1 aliphatic carbocycles. The fourth-order valence-electron chi connectivity index (χ4n) is 4.84. The van der Waals surface area contributed by atoms with Gasteiger partial charge in [0, 0.05) is 23.7 Å². The van der Waals surface area contributed by atoms with E-state index in [9.17, 15) is 14.4 Å². The van der Waals surface area contributed by atoms with Crippen molar-refractivity contribution in [1.29, 1.82) is 0 Å². The molecule has 2 aliphatic rings. The van der Waals surface area contributed by atoms with Crippen LogP contribution in [0.3, 0.4) is 0 Å². The summed E-state index contributed by atoms with van der Waals surface area (Å²) in [5.74, 6) is -1.89. The lowest BCUT2D eigenvalue weighted by molar-refractivity contribution is -0.141. The Morgan fingerprint density at radius 2 is 1.68 bits per heavy atom. The Hall–Kier alpha value is -3.67. The molecule has 6 heteroatoms. The summed E-state index contributed by atoms with van der Waals surface area (Å²) in [6, 6.07) is 16.4. The van der Waals surface area contributed by atoms with Crippen molar-refractivity contribution in [1.82, 2.24) is 5.32 Å². The third kappa shape index (κ3) is 4.67. The number of methoxy groups -OCH3 is 1. The van der Waals surface area contributed by atoms with Crippen LogP contribution in [0, 0.1) is 11.3 Å². The zero-order valence-corrected chi connectivity index (χ0v) is 19.9. The van der Waals surface area contributed by atoms with E-state index in [1.54, 1.807) is 24.3 Å². The van der Waals surface area contributed by atoms with Gasteiger partial charge in [0.05, 0.1) is 24.2 Å². The molecular weight excluding hydrogens is 430 g/mol. The van der Waals surface area contributed by atoms with Crippen LogP contribution in [0.1, 0.15) is 54.6 Å². The second-order valence-electron chi connectivity index (χ2n) is 9.53. The van der Waals surface area contributed by atoms with Gasteiger partial charge >= 0.3 is 11.9 Å². The van der Waals surface area contributed by atoms with Crippen LogP contribution in [-0.4, -0.2) is 24.8 Å². The standard InChI is InChI=1S/C28H29NO5/c1-17-23(27(32)34-16-18-8-6-5-7-9-18)24(19-10-12-20(13-11-19)26(31)33-4)25-21(29-17)14-28(2,3)15-22(25)30/h5-14,24-25,29H,15-16H2,1-4H3. The molecule has 0 saturated carbocycles. The molecule has 0 spiro atoms. The largest absolute Gasteiger partial charge is 0.465 e. The molecule has 0 radical (unpaired) electrons. The highest BCUT2D eigenvalue weighted by Gasteiger charge is 2.46. The molecule has 2 aromatic carbocycles. The summed E-state index contributed by atoms with van der Waals surface area (Å²) in [6.45, 7) is 6.02. The van der Waals surface area contributed by atoms with Gasteiger partial charge in [-0.3, -0.25) is 4.79 Å². The maximum Gasteiger partial charge on any atom is 0.337 e. The molecule has 6 nitrogen and oxygen atoms in total. The SMILES string of the molecule is COC(=O)c1ccc(C2C(C(=O)OCc3ccccc3)=C(C)NC3=CC(C)(C)CC(=O)C32)cc1. The average molecular weight is 460 g/mol. The van der Waals surface area contributed by atoms with Gasteiger partial charge < -0.3 is 14.8 Å². The number of hydrogen-bond donors (Lipinski definition) is 1. The number of fused-ring (bicyclic) bond motifs is 1. The van der Waals surface area contributed by atoms with Crippen LogP contribution >= 0.6 is 0 Å². The molecule has 0 fully saturated rings. The first-order valence-electron chi connectivity index (χ1n) is 11.3. The van der Waals surface area contributed by atoms with Gasteiger partial charge in [-0.2, -0.15) is 0 Å². The molecule has 1 aliphatic heterocycles. The van der Waals surface area contributed by atoms with E-state index < -0.39 is 23.8 Å². The van der Waals surface area contributed by atoms with E-state index in [1.807, 2.05) is 51.1 Å². The number of Topliss-reactive ketones (excluding diaryl/α,β-unsaturated/α-hetero) is 1. The molecule has 2 atom stereocenters. The second-order valence-corrected chi connectivity index (χ2v) is 9.53. The average Bonchev–Trinajstić information content (AvgIpc) is 2.81. The fraction of sp³-hybridized carbons (Fsp3) is 0.321. The highest BCUT2D eigenvalue weighted by molar-refractivity contribution is 5.96. The molecule has 0 aromatic heterocycles. The number of hydrogen-bond acceptors (Lipinski definition) is 6. The van der Waals surface area contributed by atoms with Crippen molar-refractivity contribution in [3.05, 3.63) is 94.3 Å². The number of ether oxygens (including phenoxy) is 2. The first kappa shape index (κ1) is 23.5. The normalized spacial score (nSPS) is 21.2. The Kier molecular flexibility index (Phi) is 6.42. The van der Waals surface area contributed by atoms with Crippen LogP contribution in [0.2, 0.25) is 0 Å². The van der Waals surface area contributed by atoms with Crippen LogP contribution in [0.5, 0.6) is 0 Å². The van der Waals surface area contributed by atoms with Gasteiger partial charge in [0.1, 0.15) is 12.4 Å².